The second kappa shape index (κ2) is 8.42. The maximum atomic E-state index is 11.8. The van der Waals surface area contributed by atoms with Gasteiger partial charge in [-0.2, -0.15) is 0 Å². The zero-order chi connectivity index (χ0) is 15.1. The minimum absolute atomic E-state index is 0.0651. The molecule has 0 aliphatic heterocycles. The van der Waals surface area contributed by atoms with E-state index in [1.165, 1.54) is 4.88 Å². The minimum atomic E-state index is -0.963. The van der Waals surface area contributed by atoms with Gasteiger partial charge < -0.3 is 10.4 Å². The summed E-state index contributed by atoms with van der Waals surface area (Å²) >= 11 is 5.06. The van der Waals surface area contributed by atoms with E-state index < -0.39 is 12.0 Å². The quantitative estimate of drug-likeness (QED) is 0.744. The van der Waals surface area contributed by atoms with Crippen molar-refractivity contribution in [3.8, 4) is 0 Å². The minimum Gasteiger partial charge on any atom is -0.480 e. The Balaban J connectivity index is 2.36. The standard InChI is InChI=1S/C14H20BrNO3S/c1-3-9(2)13(14(18)19)16-12(17)6-4-5-10-7-8-11(15)20-10/h7-9,13H,3-6H2,1-2H3,(H,16,17)(H,18,19)/t9-,13-/m0/s1. The summed E-state index contributed by atoms with van der Waals surface area (Å²) in [6.45, 7) is 3.75. The van der Waals surface area contributed by atoms with Crippen molar-refractivity contribution in [1.82, 2.24) is 5.32 Å². The van der Waals surface area contributed by atoms with Gasteiger partial charge in [-0.3, -0.25) is 4.79 Å². The van der Waals surface area contributed by atoms with E-state index in [9.17, 15) is 9.59 Å². The van der Waals surface area contributed by atoms with E-state index in [0.717, 1.165) is 23.0 Å². The van der Waals surface area contributed by atoms with Gasteiger partial charge in [0.25, 0.3) is 0 Å². The third-order valence-corrected chi connectivity index (χ3v) is 4.93. The van der Waals surface area contributed by atoms with Crippen molar-refractivity contribution in [1.29, 1.82) is 0 Å². The Bertz CT molecular complexity index is 461. The lowest BCUT2D eigenvalue weighted by Gasteiger charge is -2.20. The molecule has 4 nitrogen and oxygen atoms in total. The van der Waals surface area contributed by atoms with Crippen LogP contribution >= 0.6 is 27.3 Å². The van der Waals surface area contributed by atoms with Crippen LogP contribution in [0.15, 0.2) is 15.9 Å². The van der Waals surface area contributed by atoms with Crippen LogP contribution in [0.3, 0.4) is 0 Å². The molecule has 0 spiro atoms. The lowest BCUT2D eigenvalue weighted by Crippen LogP contribution is -2.44. The van der Waals surface area contributed by atoms with Crippen LogP contribution in [0.2, 0.25) is 0 Å². The van der Waals surface area contributed by atoms with Gasteiger partial charge in [-0.15, -0.1) is 11.3 Å². The Kier molecular flexibility index (Phi) is 7.23. The Labute approximate surface area is 131 Å². The average molecular weight is 362 g/mol. The number of carboxylic acid groups (broad SMARTS) is 1. The zero-order valence-corrected chi connectivity index (χ0v) is 14.1. The Morgan fingerprint density at radius 2 is 2.15 bits per heavy atom. The van der Waals surface area contributed by atoms with Crippen LogP contribution in [0.25, 0.3) is 0 Å². The summed E-state index contributed by atoms with van der Waals surface area (Å²) in [5, 5.41) is 11.7. The molecule has 1 aromatic heterocycles. The van der Waals surface area contributed by atoms with E-state index in [0.29, 0.717) is 6.42 Å². The number of thiophene rings is 1. The van der Waals surface area contributed by atoms with Crippen molar-refractivity contribution >= 4 is 39.1 Å². The highest BCUT2D eigenvalue weighted by Crippen LogP contribution is 2.23. The number of hydrogen-bond acceptors (Lipinski definition) is 3. The first-order valence-electron chi connectivity index (χ1n) is 6.70. The molecule has 0 saturated heterocycles. The second-order valence-corrected chi connectivity index (χ2v) is 7.38. The van der Waals surface area contributed by atoms with E-state index in [4.69, 9.17) is 5.11 Å². The van der Waals surface area contributed by atoms with Crippen molar-refractivity contribution < 1.29 is 14.7 Å². The highest BCUT2D eigenvalue weighted by Gasteiger charge is 2.24. The molecule has 0 saturated carbocycles. The van der Waals surface area contributed by atoms with Crippen molar-refractivity contribution in [2.45, 2.75) is 45.6 Å². The summed E-state index contributed by atoms with van der Waals surface area (Å²) in [6.07, 6.45) is 2.65. The van der Waals surface area contributed by atoms with E-state index in [2.05, 4.69) is 21.2 Å². The molecule has 20 heavy (non-hydrogen) atoms. The first-order valence-corrected chi connectivity index (χ1v) is 8.31. The molecule has 2 N–H and O–H groups in total. The van der Waals surface area contributed by atoms with E-state index in [1.807, 2.05) is 26.0 Å². The molecule has 0 bridgehead atoms. The van der Waals surface area contributed by atoms with Gasteiger partial charge in [0.1, 0.15) is 6.04 Å². The van der Waals surface area contributed by atoms with Gasteiger partial charge in [-0.25, -0.2) is 4.79 Å². The number of amides is 1. The molecule has 112 valence electrons. The predicted molar refractivity (Wildman–Crippen MR) is 84.0 cm³/mol. The van der Waals surface area contributed by atoms with Gasteiger partial charge in [0.15, 0.2) is 0 Å². The molecule has 1 aromatic rings. The molecule has 0 fully saturated rings. The van der Waals surface area contributed by atoms with Crippen LogP contribution in [-0.2, 0) is 16.0 Å². The molecule has 0 unspecified atom stereocenters. The van der Waals surface area contributed by atoms with Crippen LogP contribution in [-0.4, -0.2) is 23.0 Å². The number of rotatable bonds is 8. The number of carboxylic acids is 1. The second-order valence-electron chi connectivity index (χ2n) is 4.83. The average Bonchev–Trinajstić information content (AvgIpc) is 2.80. The highest BCUT2D eigenvalue weighted by atomic mass is 79.9. The maximum Gasteiger partial charge on any atom is 0.326 e. The van der Waals surface area contributed by atoms with Gasteiger partial charge in [0, 0.05) is 11.3 Å². The number of nitrogens with one attached hydrogen (secondary N) is 1. The van der Waals surface area contributed by atoms with Crippen LogP contribution in [0.4, 0.5) is 0 Å². The maximum absolute atomic E-state index is 11.8. The van der Waals surface area contributed by atoms with Gasteiger partial charge >= 0.3 is 5.97 Å². The largest absolute Gasteiger partial charge is 0.480 e. The lowest BCUT2D eigenvalue weighted by atomic mass is 9.99. The topological polar surface area (TPSA) is 66.4 Å². The lowest BCUT2D eigenvalue weighted by molar-refractivity contribution is -0.143. The van der Waals surface area contributed by atoms with Gasteiger partial charge in [0.2, 0.25) is 5.91 Å². The van der Waals surface area contributed by atoms with Gasteiger partial charge in [-0.05, 0) is 46.8 Å². The van der Waals surface area contributed by atoms with Gasteiger partial charge in [0.05, 0.1) is 3.79 Å². The third kappa shape index (κ3) is 5.63. The van der Waals surface area contributed by atoms with E-state index in [-0.39, 0.29) is 11.8 Å². The number of hydrogen-bond donors (Lipinski definition) is 2. The monoisotopic (exact) mass is 361 g/mol. The smallest absolute Gasteiger partial charge is 0.326 e. The molecule has 0 aromatic carbocycles. The zero-order valence-electron chi connectivity index (χ0n) is 11.7. The summed E-state index contributed by atoms with van der Waals surface area (Å²) in [6, 6.07) is 3.23. The fourth-order valence-electron chi connectivity index (χ4n) is 1.84. The molecule has 0 radical (unpaired) electrons. The van der Waals surface area contributed by atoms with Crippen LogP contribution in [0.5, 0.6) is 0 Å². The van der Waals surface area contributed by atoms with Gasteiger partial charge in [-0.1, -0.05) is 20.3 Å². The molecule has 0 aliphatic carbocycles. The Morgan fingerprint density at radius 3 is 2.65 bits per heavy atom. The van der Waals surface area contributed by atoms with Crippen molar-refractivity contribution in [2.75, 3.05) is 0 Å². The number of carbonyl (C=O) groups excluding carboxylic acids is 1. The summed E-state index contributed by atoms with van der Waals surface area (Å²) in [4.78, 5) is 24.1. The van der Waals surface area contributed by atoms with Crippen LogP contribution in [0, 0.1) is 5.92 Å². The number of carbonyl (C=O) groups is 2. The summed E-state index contributed by atoms with van der Waals surface area (Å²) in [5.74, 6) is -1.21. The fraction of sp³-hybridized carbons (Fsp3) is 0.571. The predicted octanol–water partition coefficient (Wildman–Crippen LogP) is 3.45. The molecular weight excluding hydrogens is 342 g/mol. The Morgan fingerprint density at radius 1 is 1.45 bits per heavy atom. The normalized spacial score (nSPS) is 13.8. The van der Waals surface area contributed by atoms with Crippen molar-refractivity contribution in [3.05, 3.63) is 20.8 Å². The molecule has 1 heterocycles. The molecule has 6 heteroatoms. The van der Waals surface area contributed by atoms with Crippen molar-refractivity contribution in [2.24, 2.45) is 5.92 Å². The summed E-state index contributed by atoms with van der Waals surface area (Å²) < 4.78 is 1.08. The molecule has 2 atom stereocenters. The first-order chi connectivity index (χ1) is 9.43. The fourth-order valence-corrected chi connectivity index (χ4v) is 3.36. The number of aliphatic carboxylic acids is 1. The molecule has 1 amide bonds. The number of halogens is 1. The molecule has 1 rings (SSSR count). The van der Waals surface area contributed by atoms with E-state index >= 15 is 0 Å². The van der Waals surface area contributed by atoms with E-state index in [1.54, 1.807) is 11.3 Å². The Hall–Kier alpha value is -0.880. The van der Waals surface area contributed by atoms with Crippen molar-refractivity contribution in [3.63, 3.8) is 0 Å². The highest BCUT2D eigenvalue weighted by molar-refractivity contribution is 9.11. The molecular formula is C14H20BrNO3S. The van der Waals surface area contributed by atoms with Crippen LogP contribution < -0.4 is 5.32 Å². The third-order valence-electron chi connectivity index (χ3n) is 3.25. The SMILES string of the molecule is CC[C@H](C)[C@H](NC(=O)CCCc1ccc(Br)s1)C(=O)O. The number of aryl methyl sites for hydroxylation is 1. The summed E-state index contributed by atoms with van der Waals surface area (Å²) in [5.41, 5.74) is 0. The van der Waals surface area contributed by atoms with Crippen LogP contribution in [0.1, 0.15) is 38.0 Å². The molecule has 0 aliphatic rings. The first kappa shape index (κ1) is 17.2. The summed E-state index contributed by atoms with van der Waals surface area (Å²) in [7, 11) is 0.